The highest BCUT2D eigenvalue weighted by molar-refractivity contribution is 5.99. The van der Waals surface area contributed by atoms with Gasteiger partial charge in [0, 0.05) is 6.54 Å². The van der Waals surface area contributed by atoms with Crippen LogP contribution in [0.5, 0.6) is 0 Å². The van der Waals surface area contributed by atoms with Crippen LogP contribution in [-0.4, -0.2) is 81.6 Å². The molecule has 0 radical (unpaired) electrons. The van der Waals surface area contributed by atoms with Gasteiger partial charge in [0.2, 0.25) is 11.8 Å². The molecule has 10 heteroatoms. The van der Waals surface area contributed by atoms with Crippen LogP contribution in [0.25, 0.3) is 0 Å². The summed E-state index contributed by atoms with van der Waals surface area (Å²) < 4.78 is 5.38. The largest absolute Gasteiger partial charge is 0.444 e. The number of aliphatic hydroxyl groups excluding tert-OH is 1. The Hall–Kier alpha value is -2.36. The number of nitrogens with zero attached hydrogens (tertiary/aromatic N) is 2. The van der Waals surface area contributed by atoms with Crippen molar-refractivity contribution in [3.63, 3.8) is 0 Å². The minimum atomic E-state index is -1.23. The Morgan fingerprint density at radius 1 is 1.37 bits per heavy atom. The van der Waals surface area contributed by atoms with E-state index in [0.717, 1.165) is 0 Å². The number of hydrogen-bond donors (Lipinski definition) is 3. The molecular weight excluding hydrogens is 356 g/mol. The monoisotopic (exact) mass is 384 g/mol. The number of β-lactam (4-membered cyclic amide) rings is 1. The van der Waals surface area contributed by atoms with E-state index in [-0.39, 0.29) is 19.0 Å². The molecule has 152 valence electrons. The molecule has 1 spiro atoms. The second-order valence-electron chi connectivity index (χ2n) is 8.12. The van der Waals surface area contributed by atoms with Crippen LogP contribution in [0.2, 0.25) is 0 Å². The number of carbonyl (C=O) groups is 4. The van der Waals surface area contributed by atoms with Crippen LogP contribution < -0.4 is 11.1 Å². The van der Waals surface area contributed by atoms with Crippen LogP contribution in [0.1, 0.15) is 40.5 Å². The highest BCUT2D eigenvalue weighted by Crippen LogP contribution is 2.39. The van der Waals surface area contributed by atoms with Gasteiger partial charge in [-0.25, -0.2) is 4.79 Å². The van der Waals surface area contributed by atoms with E-state index in [9.17, 15) is 24.3 Å². The van der Waals surface area contributed by atoms with Crippen molar-refractivity contribution in [1.29, 1.82) is 0 Å². The van der Waals surface area contributed by atoms with E-state index in [0.29, 0.717) is 19.4 Å². The molecule has 0 aromatic heterocycles. The normalized spacial score (nSPS) is 24.4. The fraction of sp³-hybridized carbons (Fsp3) is 0.765. The molecule has 0 aliphatic carbocycles. The third kappa shape index (κ3) is 4.32. The van der Waals surface area contributed by atoms with E-state index in [1.165, 1.54) is 16.7 Å². The van der Waals surface area contributed by atoms with Crippen molar-refractivity contribution in [3.8, 4) is 0 Å². The van der Waals surface area contributed by atoms with Crippen molar-refractivity contribution < 1.29 is 29.0 Å². The molecular formula is C17H28N4O6. The summed E-state index contributed by atoms with van der Waals surface area (Å²) in [6.45, 7) is 6.95. The number of likely N-dealkylation sites (tertiary alicyclic amines) is 2. The Bertz CT molecular complexity index is 644. The maximum absolute atomic E-state index is 12.7. The van der Waals surface area contributed by atoms with Crippen LogP contribution in [0, 0.1) is 0 Å². The van der Waals surface area contributed by atoms with Crippen molar-refractivity contribution in [2.24, 2.45) is 5.73 Å². The van der Waals surface area contributed by atoms with Crippen LogP contribution in [0.3, 0.4) is 0 Å². The second-order valence-corrected chi connectivity index (χ2v) is 8.12. The van der Waals surface area contributed by atoms with Crippen molar-refractivity contribution >= 4 is 23.8 Å². The lowest BCUT2D eigenvalue weighted by atomic mass is 9.85. The van der Waals surface area contributed by atoms with Crippen LogP contribution in [0.4, 0.5) is 4.79 Å². The molecule has 2 heterocycles. The predicted octanol–water partition coefficient (Wildman–Crippen LogP) is -1.05. The molecule has 27 heavy (non-hydrogen) atoms. The van der Waals surface area contributed by atoms with Crippen molar-refractivity contribution in [3.05, 3.63) is 0 Å². The molecule has 2 aliphatic rings. The molecule has 0 bridgehead atoms. The molecule has 0 saturated carbocycles. The van der Waals surface area contributed by atoms with E-state index >= 15 is 0 Å². The highest BCUT2D eigenvalue weighted by Gasteiger charge is 2.60. The maximum Gasteiger partial charge on any atom is 0.411 e. The molecule has 2 rings (SSSR count). The number of rotatable bonds is 5. The van der Waals surface area contributed by atoms with E-state index in [1.54, 1.807) is 20.8 Å². The summed E-state index contributed by atoms with van der Waals surface area (Å²) in [5.41, 5.74) is 3.50. The van der Waals surface area contributed by atoms with Crippen molar-refractivity contribution in [1.82, 2.24) is 15.1 Å². The Labute approximate surface area is 158 Å². The Morgan fingerprint density at radius 2 is 2.00 bits per heavy atom. The molecule has 0 aromatic carbocycles. The molecule has 2 fully saturated rings. The lowest BCUT2D eigenvalue weighted by Gasteiger charge is -2.50. The van der Waals surface area contributed by atoms with Gasteiger partial charge in [0.05, 0.1) is 19.2 Å². The molecule has 1 unspecified atom stereocenters. The third-order valence-electron chi connectivity index (χ3n) is 4.68. The highest BCUT2D eigenvalue weighted by atomic mass is 16.6. The van der Waals surface area contributed by atoms with E-state index in [1.807, 2.05) is 0 Å². The summed E-state index contributed by atoms with van der Waals surface area (Å²) in [7, 11) is 0. The number of nitrogens with two attached hydrogens (primary N) is 1. The SMILES string of the molecule is C[C@@H](O)[C@H](NC(=O)CN1CC2(CCCN2C(=O)OC(C)(C)C)C1=O)C(N)=O. The number of primary amides is 1. The average Bonchev–Trinajstić information content (AvgIpc) is 2.96. The van der Waals surface area contributed by atoms with Gasteiger partial charge in [-0.15, -0.1) is 0 Å². The lowest BCUT2D eigenvalue weighted by Crippen LogP contribution is -2.74. The zero-order valence-electron chi connectivity index (χ0n) is 16.2. The van der Waals surface area contributed by atoms with Crippen LogP contribution >= 0.6 is 0 Å². The van der Waals surface area contributed by atoms with Crippen LogP contribution in [0.15, 0.2) is 0 Å². The third-order valence-corrected chi connectivity index (χ3v) is 4.68. The van der Waals surface area contributed by atoms with Gasteiger partial charge in [0.15, 0.2) is 0 Å². The predicted molar refractivity (Wildman–Crippen MR) is 94.3 cm³/mol. The number of aliphatic hydroxyl groups is 1. The second kappa shape index (κ2) is 7.34. The van der Waals surface area contributed by atoms with Gasteiger partial charge < -0.3 is 25.8 Å². The topological polar surface area (TPSA) is 142 Å². The molecule has 2 aliphatic heterocycles. The molecule has 3 atom stereocenters. The van der Waals surface area contributed by atoms with Gasteiger partial charge in [-0.2, -0.15) is 0 Å². The number of amides is 4. The van der Waals surface area contributed by atoms with Gasteiger partial charge in [0.1, 0.15) is 17.2 Å². The zero-order valence-corrected chi connectivity index (χ0v) is 16.2. The molecule has 4 amide bonds. The summed E-state index contributed by atoms with van der Waals surface area (Å²) in [4.78, 5) is 51.2. The minimum absolute atomic E-state index is 0.217. The molecule has 10 nitrogen and oxygen atoms in total. The average molecular weight is 384 g/mol. The summed E-state index contributed by atoms with van der Waals surface area (Å²) in [6, 6.07) is -1.23. The minimum Gasteiger partial charge on any atom is -0.444 e. The van der Waals surface area contributed by atoms with E-state index < -0.39 is 41.2 Å². The Kier molecular flexibility index (Phi) is 5.69. The van der Waals surface area contributed by atoms with Gasteiger partial charge in [-0.05, 0) is 40.5 Å². The quantitative estimate of drug-likeness (QED) is 0.516. The smallest absolute Gasteiger partial charge is 0.411 e. The van der Waals surface area contributed by atoms with Crippen molar-refractivity contribution in [2.75, 3.05) is 19.6 Å². The number of carbonyl (C=O) groups excluding carboxylic acids is 4. The van der Waals surface area contributed by atoms with Gasteiger partial charge >= 0.3 is 6.09 Å². The summed E-state index contributed by atoms with van der Waals surface area (Å²) >= 11 is 0. The first-order valence-electron chi connectivity index (χ1n) is 8.94. The summed E-state index contributed by atoms with van der Waals surface area (Å²) in [6.07, 6.45) is -0.500. The maximum atomic E-state index is 12.7. The fourth-order valence-corrected chi connectivity index (χ4v) is 3.46. The van der Waals surface area contributed by atoms with Crippen LogP contribution in [-0.2, 0) is 19.1 Å². The summed E-state index contributed by atoms with van der Waals surface area (Å²) in [5, 5.41) is 11.8. The van der Waals surface area contributed by atoms with E-state index in [2.05, 4.69) is 5.32 Å². The first-order valence-corrected chi connectivity index (χ1v) is 8.94. The summed E-state index contributed by atoms with van der Waals surface area (Å²) in [5.74, 6) is -1.80. The molecule has 4 N–H and O–H groups in total. The first kappa shape index (κ1) is 20.9. The Balaban J connectivity index is 1.97. The lowest BCUT2D eigenvalue weighted by molar-refractivity contribution is -0.162. The molecule has 0 aromatic rings. The van der Waals surface area contributed by atoms with Gasteiger partial charge in [-0.3, -0.25) is 19.3 Å². The van der Waals surface area contributed by atoms with E-state index in [4.69, 9.17) is 10.5 Å². The molecule has 2 saturated heterocycles. The van der Waals surface area contributed by atoms with Crippen molar-refractivity contribution in [2.45, 2.75) is 63.8 Å². The number of ether oxygens (including phenoxy) is 1. The number of hydrogen-bond acceptors (Lipinski definition) is 6. The first-order chi connectivity index (χ1) is 12.4. The Morgan fingerprint density at radius 3 is 2.48 bits per heavy atom. The fourth-order valence-electron chi connectivity index (χ4n) is 3.46. The standard InChI is InChI=1S/C17H28N4O6/c1-10(22)12(13(18)24)19-11(23)8-20-9-17(14(20)25)6-5-7-21(17)15(26)27-16(2,3)4/h10,12,22H,5-9H2,1-4H3,(H2,18,24)(H,19,23)/t10-,12+,17?/m1/s1. The van der Waals surface area contributed by atoms with Gasteiger partial charge in [0.25, 0.3) is 5.91 Å². The number of nitrogens with one attached hydrogen (secondary N) is 1. The zero-order chi connectivity index (χ0) is 20.6. The van der Waals surface area contributed by atoms with Gasteiger partial charge in [-0.1, -0.05) is 0 Å².